The predicted molar refractivity (Wildman–Crippen MR) is 166 cm³/mol. The summed E-state index contributed by atoms with van der Waals surface area (Å²) in [4.78, 5) is 11.7. The standard InChI is InChI=1S/C19H29N3O.C13H20.C2H6/c1-15(23)17-13-21-22(18(17)20-4)14-19(2,3)12-11-16-9-7-5-6-8-10-16;1-5-13(4,6-2)12-9-7-11(3)8-10-12;1-2/h7,9-10,13,20H,5-6,8,11-12,14H2,1-4H3;7-10H,5-6H2,1-4H3;1-2H3. The number of carbonyl (C=O) groups excluding carboxylic acids is 1. The summed E-state index contributed by atoms with van der Waals surface area (Å²) in [5.41, 5.74) is 5.42. The van der Waals surface area contributed by atoms with Crippen molar-refractivity contribution in [3.8, 4) is 0 Å². The third-order valence-electron chi connectivity index (χ3n) is 7.75. The van der Waals surface area contributed by atoms with Gasteiger partial charge in [0.15, 0.2) is 5.78 Å². The molecule has 2 aromatic rings. The maximum atomic E-state index is 11.7. The molecule has 0 aliphatic heterocycles. The first-order chi connectivity index (χ1) is 18.0. The molecular weight excluding hydrogens is 466 g/mol. The van der Waals surface area contributed by atoms with Gasteiger partial charge in [0.25, 0.3) is 0 Å². The number of ketones is 1. The van der Waals surface area contributed by atoms with Crippen LogP contribution in [0.1, 0.15) is 122 Å². The van der Waals surface area contributed by atoms with E-state index in [2.05, 4.69) is 94.5 Å². The molecule has 0 bridgehead atoms. The van der Waals surface area contributed by atoms with Gasteiger partial charge < -0.3 is 5.32 Å². The van der Waals surface area contributed by atoms with Gasteiger partial charge in [0.05, 0.1) is 11.8 Å². The molecule has 4 heteroatoms. The Balaban J connectivity index is 0.000000408. The average molecular weight is 522 g/mol. The second-order valence-corrected chi connectivity index (χ2v) is 11.3. The quantitative estimate of drug-likeness (QED) is 0.316. The molecule has 1 N–H and O–H groups in total. The molecule has 0 atom stereocenters. The zero-order chi connectivity index (χ0) is 28.8. The van der Waals surface area contributed by atoms with Gasteiger partial charge in [-0.3, -0.25) is 4.79 Å². The number of nitrogens with zero attached hydrogens (tertiary/aromatic N) is 2. The van der Waals surface area contributed by atoms with Crippen LogP contribution in [0.2, 0.25) is 0 Å². The number of rotatable bonds is 10. The van der Waals surface area contributed by atoms with Crippen molar-refractivity contribution in [3.63, 3.8) is 0 Å². The van der Waals surface area contributed by atoms with E-state index in [1.54, 1.807) is 13.1 Å². The number of aromatic nitrogens is 2. The fraction of sp³-hybridized carbons (Fsp3) is 0.588. The molecule has 0 amide bonds. The molecule has 3 rings (SSSR count). The summed E-state index contributed by atoms with van der Waals surface area (Å²) in [7, 11) is 1.84. The van der Waals surface area contributed by atoms with Crippen molar-refractivity contribution in [2.75, 3.05) is 12.4 Å². The minimum Gasteiger partial charge on any atom is -0.373 e. The lowest BCUT2D eigenvalue weighted by molar-refractivity contribution is 0.101. The molecule has 0 fully saturated rings. The normalized spacial score (nSPS) is 13.4. The van der Waals surface area contributed by atoms with E-state index in [0.29, 0.717) is 11.0 Å². The molecule has 1 aromatic carbocycles. The lowest BCUT2D eigenvalue weighted by atomic mass is 9.78. The van der Waals surface area contributed by atoms with Gasteiger partial charge in [-0.2, -0.15) is 5.10 Å². The van der Waals surface area contributed by atoms with Crippen LogP contribution in [-0.2, 0) is 12.0 Å². The summed E-state index contributed by atoms with van der Waals surface area (Å²) in [6.07, 6.45) is 16.9. The van der Waals surface area contributed by atoms with Gasteiger partial charge in [0.2, 0.25) is 0 Å². The van der Waals surface area contributed by atoms with Crippen molar-refractivity contribution in [1.82, 2.24) is 9.78 Å². The van der Waals surface area contributed by atoms with E-state index in [9.17, 15) is 4.79 Å². The van der Waals surface area contributed by atoms with Crippen molar-refractivity contribution in [2.24, 2.45) is 5.41 Å². The highest BCUT2D eigenvalue weighted by Gasteiger charge is 2.23. The molecule has 0 saturated heterocycles. The molecule has 212 valence electrons. The first-order valence-corrected chi connectivity index (χ1v) is 14.7. The summed E-state index contributed by atoms with van der Waals surface area (Å²) in [6, 6.07) is 8.95. The Morgan fingerprint density at radius 2 is 1.68 bits per heavy atom. The Kier molecular flexibility index (Phi) is 14.4. The second-order valence-electron chi connectivity index (χ2n) is 11.3. The Morgan fingerprint density at radius 1 is 1.05 bits per heavy atom. The van der Waals surface area contributed by atoms with Gasteiger partial charge in [-0.25, -0.2) is 4.68 Å². The van der Waals surface area contributed by atoms with Crippen LogP contribution in [0.25, 0.3) is 0 Å². The smallest absolute Gasteiger partial charge is 0.165 e. The van der Waals surface area contributed by atoms with E-state index in [1.165, 1.54) is 48.8 Å². The van der Waals surface area contributed by atoms with Crippen LogP contribution >= 0.6 is 0 Å². The van der Waals surface area contributed by atoms with Crippen molar-refractivity contribution in [1.29, 1.82) is 0 Å². The van der Waals surface area contributed by atoms with Gasteiger partial charge in [0, 0.05) is 13.6 Å². The van der Waals surface area contributed by atoms with Crippen molar-refractivity contribution in [3.05, 3.63) is 71.0 Å². The number of hydrogen-bond acceptors (Lipinski definition) is 3. The lowest BCUT2D eigenvalue weighted by Crippen LogP contribution is -2.22. The van der Waals surface area contributed by atoms with E-state index in [0.717, 1.165) is 25.2 Å². The molecule has 1 aliphatic rings. The number of Topliss-reactive ketones (excluding diaryl/α,β-unsaturated/α-hetero) is 1. The zero-order valence-electron chi connectivity index (χ0n) is 26.1. The fourth-order valence-corrected chi connectivity index (χ4v) is 4.62. The lowest BCUT2D eigenvalue weighted by Gasteiger charge is -2.27. The fourth-order valence-electron chi connectivity index (χ4n) is 4.62. The van der Waals surface area contributed by atoms with Gasteiger partial charge in [-0.1, -0.05) is 102 Å². The van der Waals surface area contributed by atoms with Crippen LogP contribution < -0.4 is 5.32 Å². The predicted octanol–water partition coefficient (Wildman–Crippen LogP) is 9.70. The van der Waals surface area contributed by atoms with Crippen LogP contribution in [0.4, 0.5) is 5.82 Å². The van der Waals surface area contributed by atoms with Crippen LogP contribution in [0.15, 0.2) is 54.3 Å². The van der Waals surface area contributed by atoms with E-state index < -0.39 is 0 Å². The van der Waals surface area contributed by atoms with Crippen LogP contribution in [0.5, 0.6) is 0 Å². The highest BCUT2D eigenvalue weighted by atomic mass is 16.1. The molecule has 0 saturated carbocycles. The molecule has 1 aromatic heterocycles. The average Bonchev–Trinajstić information content (AvgIpc) is 3.13. The van der Waals surface area contributed by atoms with Crippen molar-refractivity contribution < 1.29 is 4.79 Å². The van der Waals surface area contributed by atoms with E-state index in [-0.39, 0.29) is 11.2 Å². The Morgan fingerprint density at radius 3 is 2.24 bits per heavy atom. The molecular formula is C34H55N3O. The van der Waals surface area contributed by atoms with Gasteiger partial charge in [-0.05, 0) is 75.2 Å². The maximum Gasteiger partial charge on any atom is 0.165 e. The maximum absolute atomic E-state index is 11.7. The summed E-state index contributed by atoms with van der Waals surface area (Å²) in [6.45, 7) is 19.9. The molecule has 4 nitrogen and oxygen atoms in total. The number of aryl methyl sites for hydroxylation is 1. The Hall–Kier alpha value is -2.62. The van der Waals surface area contributed by atoms with Crippen LogP contribution in [-0.4, -0.2) is 22.6 Å². The minimum absolute atomic E-state index is 0.0483. The molecule has 1 heterocycles. The van der Waals surface area contributed by atoms with Gasteiger partial charge in [-0.15, -0.1) is 0 Å². The van der Waals surface area contributed by atoms with Gasteiger partial charge >= 0.3 is 0 Å². The largest absolute Gasteiger partial charge is 0.373 e. The number of allylic oxidation sites excluding steroid dienone is 4. The monoisotopic (exact) mass is 521 g/mol. The summed E-state index contributed by atoms with van der Waals surface area (Å²) < 4.78 is 1.92. The first-order valence-electron chi connectivity index (χ1n) is 14.7. The Bertz CT molecular complexity index is 1020. The molecule has 0 radical (unpaired) electrons. The number of nitrogens with one attached hydrogen (secondary N) is 1. The first kappa shape index (κ1) is 33.4. The summed E-state index contributed by atoms with van der Waals surface area (Å²) in [5.74, 6) is 0.867. The highest BCUT2D eigenvalue weighted by molar-refractivity contribution is 5.98. The van der Waals surface area contributed by atoms with Crippen molar-refractivity contribution >= 4 is 11.6 Å². The molecule has 1 aliphatic carbocycles. The topological polar surface area (TPSA) is 46.9 Å². The second kappa shape index (κ2) is 16.4. The molecule has 0 spiro atoms. The third-order valence-corrected chi connectivity index (χ3v) is 7.75. The number of anilines is 1. The minimum atomic E-state index is 0.0483. The van der Waals surface area contributed by atoms with Gasteiger partial charge in [0.1, 0.15) is 5.82 Å². The SMILES string of the molecule is CC.CCC(C)(CC)c1ccc(C)cc1.CNc1c(C(C)=O)cnn1CC(C)(C)CCC1=CCCCC=C1. The van der Waals surface area contributed by atoms with Crippen LogP contribution in [0.3, 0.4) is 0 Å². The highest BCUT2D eigenvalue weighted by Crippen LogP contribution is 2.31. The Labute approximate surface area is 234 Å². The van der Waals surface area contributed by atoms with Crippen LogP contribution in [0, 0.1) is 12.3 Å². The summed E-state index contributed by atoms with van der Waals surface area (Å²) in [5, 5.41) is 7.53. The van der Waals surface area contributed by atoms with E-state index >= 15 is 0 Å². The van der Waals surface area contributed by atoms with E-state index in [1.807, 2.05) is 25.6 Å². The van der Waals surface area contributed by atoms with E-state index in [4.69, 9.17) is 0 Å². The summed E-state index contributed by atoms with van der Waals surface area (Å²) >= 11 is 0. The molecule has 0 unspecified atom stereocenters. The number of benzene rings is 1. The van der Waals surface area contributed by atoms with Crippen molar-refractivity contribution in [2.45, 2.75) is 119 Å². The number of carbonyl (C=O) groups is 1. The molecule has 38 heavy (non-hydrogen) atoms. The zero-order valence-corrected chi connectivity index (χ0v) is 26.1. The number of hydrogen-bond donors (Lipinski definition) is 1. The third kappa shape index (κ3) is 10.3.